The maximum atomic E-state index is 12.6. The van der Waals surface area contributed by atoms with E-state index in [9.17, 15) is 4.79 Å². The van der Waals surface area contributed by atoms with Crippen LogP contribution in [0.3, 0.4) is 0 Å². The van der Waals surface area contributed by atoms with Gasteiger partial charge in [-0.25, -0.2) is 4.98 Å². The van der Waals surface area contributed by atoms with E-state index in [-0.39, 0.29) is 5.91 Å². The SMILES string of the molecule is Cc1sc(NC(=O)c2ccc(-c3ccccc3)cc2)nc1-c1ccc(Cl)cc1. The summed E-state index contributed by atoms with van der Waals surface area (Å²) in [5.41, 5.74) is 4.63. The van der Waals surface area contributed by atoms with Gasteiger partial charge in [-0.05, 0) is 42.3 Å². The normalized spacial score (nSPS) is 10.6. The van der Waals surface area contributed by atoms with Gasteiger partial charge in [-0.3, -0.25) is 10.1 Å². The van der Waals surface area contributed by atoms with Crippen LogP contribution in [0.4, 0.5) is 5.13 Å². The molecule has 0 atom stereocenters. The maximum absolute atomic E-state index is 12.6. The smallest absolute Gasteiger partial charge is 0.257 e. The fourth-order valence-electron chi connectivity index (χ4n) is 2.94. The van der Waals surface area contributed by atoms with Gasteiger partial charge < -0.3 is 0 Å². The van der Waals surface area contributed by atoms with Gasteiger partial charge in [-0.15, -0.1) is 11.3 Å². The summed E-state index contributed by atoms with van der Waals surface area (Å²) < 4.78 is 0. The zero-order valence-corrected chi connectivity index (χ0v) is 16.7. The lowest BCUT2D eigenvalue weighted by atomic mass is 10.0. The summed E-state index contributed by atoms with van der Waals surface area (Å²) in [6.07, 6.45) is 0. The van der Waals surface area contributed by atoms with E-state index in [4.69, 9.17) is 11.6 Å². The number of nitrogens with one attached hydrogen (secondary N) is 1. The van der Waals surface area contributed by atoms with Crippen LogP contribution in [0, 0.1) is 6.92 Å². The molecule has 1 N–H and O–H groups in total. The average molecular weight is 405 g/mol. The molecule has 0 bridgehead atoms. The summed E-state index contributed by atoms with van der Waals surface area (Å²) in [5.74, 6) is -0.170. The predicted molar refractivity (Wildman–Crippen MR) is 117 cm³/mol. The molecule has 4 rings (SSSR count). The number of benzene rings is 3. The van der Waals surface area contributed by atoms with E-state index in [1.165, 1.54) is 11.3 Å². The molecule has 3 nitrogen and oxygen atoms in total. The zero-order chi connectivity index (χ0) is 19.5. The molecule has 3 aromatic carbocycles. The highest BCUT2D eigenvalue weighted by Crippen LogP contribution is 2.31. The number of anilines is 1. The van der Waals surface area contributed by atoms with Gasteiger partial charge in [0, 0.05) is 21.0 Å². The van der Waals surface area contributed by atoms with Crippen molar-refractivity contribution in [3.63, 3.8) is 0 Å². The van der Waals surface area contributed by atoms with Gasteiger partial charge in [0.15, 0.2) is 5.13 Å². The van der Waals surface area contributed by atoms with E-state index >= 15 is 0 Å². The highest BCUT2D eigenvalue weighted by atomic mass is 35.5. The summed E-state index contributed by atoms with van der Waals surface area (Å²) in [4.78, 5) is 18.2. The third-order valence-electron chi connectivity index (χ3n) is 4.39. The summed E-state index contributed by atoms with van der Waals surface area (Å²) in [6.45, 7) is 1.99. The molecule has 0 spiro atoms. The molecule has 0 aliphatic carbocycles. The predicted octanol–water partition coefficient (Wildman–Crippen LogP) is 6.69. The van der Waals surface area contributed by atoms with Crippen LogP contribution in [-0.2, 0) is 0 Å². The fourth-order valence-corrected chi connectivity index (χ4v) is 3.90. The Hall–Kier alpha value is -2.95. The Bertz CT molecular complexity index is 1100. The summed E-state index contributed by atoms with van der Waals surface area (Å²) in [6, 6.07) is 25.2. The third-order valence-corrected chi connectivity index (χ3v) is 5.53. The Kier molecular flexibility index (Phi) is 5.24. The van der Waals surface area contributed by atoms with Crippen molar-refractivity contribution in [1.29, 1.82) is 0 Å². The molecule has 0 fully saturated rings. The molecule has 28 heavy (non-hydrogen) atoms. The van der Waals surface area contributed by atoms with E-state index in [1.54, 1.807) is 0 Å². The lowest BCUT2D eigenvalue weighted by Gasteiger charge is -2.04. The first-order valence-electron chi connectivity index (χ1n) is 8.80. The van der Waals surface area contributed by atoms with Crippen molar-refractivity contribution in [2.45, 2.75) is 6.92 Å². The monoisotopic (exact) mass is 404 g/mol. The van der Waals surface area contributed by atoms with Crippen LogP contribution in [-0.4, -0.2) is 10.9 Å². The summed E-state index contributed by atoms with van der Waals surface area (Å²) >= 11 is 7.42. The molecule has 5 heteroatoms. The number of hydrogen-bond acceptors (Lipinski definition) is 3. The molecule has 1 heterocycles. The number of aryl methyl sites for hydroxylation is 1. The molecule has 0 aliphatic heterocycles. The quantitative estimate of drug-likeness (QED) is 0.411. The molecule has 0 saturated heterocycles. The number of rotatable bonds is 4. The Balaban J connectivity index is 1.51. The van der Waals surface area contributed by atoms with Crippen molar-refractivity contribution >= 4 is 34.0 Å². The fraction of sp³-hybridized carbons (Fsp3) is 0.0435. The van der Waals surface area contributed by atoms with E-state index in [0.29, 0.717) is 15.7 Å². The number of carbonyl (C=O) groups is 1. The molecule has 0 radical (unpaired) electrons. The van der Waals surface area contributed by atoms with Crippen molar-refractivity contribution in [1.82, 2.24) is 4.98 Å². The number of amides is 1. The Morgan fingerprint density at radius 1 is 0.857 bits per heavy atom. The molecule has 1 aromatic heterocycles. The minimum atomic E-state index is -0.170. The molecule has 0 saturated carbocycles. The lowest BCUT2D eigenvalue weighted by Crippen LogP contribution is -2.11. The number of aromatic nitrogens is 1. The van der Waals surface area contributed by atoms with Gasteiger partial charge in [-0.2, -0.15) is 0 Å². The van der Waals surface area contributed by atoms with Gasteiger partial charge in [0.25, 0.3) is 5.91 Å². The standard InChI is InChI=1S/C23H17ClN2OS/c1-15-21(18-11-13-20(24)14-12-18)25-23(28-15)26-22(27)19-9-7-17(8-10-19)16-5-3-2-4-6-16/h2-14H,1H3,(H,25,26,27). The maximum Gasteiger partial charge on any atom is 0.257 e. The second-order valence-corrected chi connectivity index (χ2v) is 7.97. The number of nitrogens with zero attached hydrogens (tertiary/aromatic N) is 1. The second kappa shape index (κ2) is 7.97. The molecule has 138 valence electrons. The van der Waals surface area contributed by atoms with E-state index in [0.717, 1.165) is 27.3 Å². The van der Waals surface area contributed by atoms with E-state index in [1.807, 2.05) is 85.8 Å². The highest BCUT2D eigenvalue weighted by molar-refractivity contribution is 7.16. The molecular formula is C23H17ClN2OS. The van der Waals surface area contributed by atoms with E-state index < -0.39 is 0 Å². The Morgan fingerprint density at radius 3 is 2.14 bits per heavy atom. The third kappa shape index (κ3) is 3.98. The molecule has 4 aromatic rings. The van der Waals surface area contributed by atoms with Crippen LogP contribution >= 0.6 is 22.9 Å². The Morgan fingerprint density at radius 2 is 1.46 bits per heavy atom. The van der Waals surface area contributed by atoms with Crippen LogP contribution in [0.2, 0.25) is 5.02 Å². The zero-order valence-electron chi connectivity index (χ0n) is 15.1. The first-order valence-corrected chi connectivity index (χ1v) is 10.00. The van der Waals surface area contributed by atoms with Crippen LogP contribution in [0.1, 0.15) is 15.2 Å². The van der Waals surface area contributed by atoms with Crippen LogP contribution in [0.25, 0.3) is 22.4 Å². The molecule has 0 aliphatic rings. The van der Waals surface area contributed by atoms with Crippen LogP contribution in [0.5, 0.6) is 0 Å². The first kappa shape index (κ1) is 18.4. The van der Waals surface area contributed by atoms with Crippen molar-refractivity contribution < 1.29 is 4.79 Å². The summed E-state index contributed by atoms with van der Waals surface area (Å²) in [5, 5.41) is 4.17. The van der Waals surface area contributed by atoms with Crippen molar-refractivity contribution in [3.8, 4) is 22.4 Å². The van der Waals surface area contributed by atoms with Crippen molar-refractivity contribution in [2.24, 2.45) is 0 Å². The largest absolute Gasteiger partial charge is 0.298 e. The molecule has 0 unspecified atom stereocenters. The molecule has 1 amide bonds. The van der Waals surface area contributed by atoms with Crippen LogP contribution in [0.15, 0.2) is 78.9 Å². The van der Waals surface area contributed by atoms with Gasteiger partial charge in [-0.1, -0.05) is 66.2 Å². The van der Waals surface area contributed by atoms with Gasteiger partial charge in [0.05, 0.1) is 5.69 Å². The number of halogens is 1. The van der Waals surface area contributed by atoms with Gasteiger partial charge in [0.1, 0.15) is 0 Å². The van der Waals surface area contributed by atoms with Gasteiger partial charge >= 0.3 is 0 Å². The minimum Gasteiger partial charge on any atom is -0.298 e. The number of thiazole rings is 1. The number of hydrogen-bond donors (Lipinski definition) is 1. The molecular weight excluding hydrogens is 388 g/mol. The lowest BCUT2D eigenvalue weighted by molar-refractivity contribution is 0.102. The summed E-state index contributed by atoms with van der Waals surface area (Å²) in [7, 11) is 0. The highest BCUT2D eigenvalue weighted by Gasteiger charge is 2.13. The topological polar surface area (TPSA) is 42.0 Å². The Labute approximate surface area is 172 Å². The second-order valence-electron chi connectivity index (χ2n) is 6.33. The average Bonchev–Trinajstić information content (AvgIpc) is 3.09. The van der Waals surface area contributed by atoms with Crippen LogP contribution < -0.4 is 5.32 Å². The van der Waals surface area contributed by atoms with Crippen molar-refractivity contribution in [3.05, 3.63) is 94.3 Å². The first-order chi connectivity index (χ1) is 13.6. The minimum absolute atomic E-state index is 0.170. The van der Waals surface area contributed by atoms with Crippen molar-refractivity contribution in [2.75, 3.05) is 5.32 Å². The van der Waals surface area contributed by atoms with E-state index in [2.05, 4.69) is 10.3 Å². The number of carbonyl (C=O) groups excluding carboxylic acids is 1. The van der Waals surface area contributed by atoms with Gasteiger partial charge in [0.2, 0.25) is 0 Å².